The molecule has 0 radical (unpaired) electrons. The number of thioether (sulfide) groups is 1. The van der Waals surface area contributed by atoms with E-state index in [-0.39, 0.29) is 30.4 Å². The Morgan fingerprint density at radius 3 is 2.22 bits per heavy atom. The molecule has 3 aromatic carbocycles. The number of aromatic nitrogens is 2. The monoisotopic (exact) mass is 515 g/mol. The molecule has 6 nitrogen and oxygen atoms in total. The summed E-state index contributed by atoms with van der Waals surface area (Å²) in [5.41, 5.74) is 3.70. The third-order valence-corrected chi connectivity index (χ3v) is 7.26. The first-order valence-electron chi connectivity index (χ1n) is 12.7. The molecule has 0 saturated carbocycles. The first-order valence-corrected chi connectivity index (χ1v) is 13.7. The molecule has 1 aromatic heterocycles. The van der Waals surface area contributed by atoms with Crippen molar-refractivity contribution in [2.24, 2.45) is 0 Å². The van der Waals surface area contributed by atoms with Crippen molar-refractivity contribution >= 4 is 34.7 Å². The highest BCUT2D eigenvalue weighted by atomic mass is 32.2. The number of hydrogen-bond acceptors (Lipinski definition) is 5. The number of hydrogen-bond donors (Lipinski definition) is 1. The van der Waals surface area contributed by atoms with Crippen LogP contribution in [-0.2, 0) is 20.9 Å². The molecule has 7 heteroatoms. The number of nitrogens with zero attached hydrogens (tertiary/aromatic N) is 2. The molecule has 1 heterocycles. The van der Waals surface area contributed by atoms with Crippen LogP contribution in [0, 0.1) is 0 Å². The van der Waals surface area contributed by atoms with Crippen molar-refractivity contribution < 1.29 is 14.3 Å². The quantitative estimate of drug-likeness (QED) is 0.146. The molecule has 1 atom stereocenters. The van der Waals surface area contributed by atoms with Crippen molar-refractivity contribution in [3.8, 4) is 0 Å². The van der Waals surface area contributed by atoms with Gasteiger partial charge in [-0.05, 0) is 43.0 Å². The first kappa shape index (κ1) is 26.5. The number of nitrogens with one attached hydrogen (secondary N) is 1. The second kappa shape index (κ2) is 13.1. The van der Waals surface area contributed by atoms with E-state index in [9.17, 15) is 9.59 Å². The average molecular weight is 516 g/mol. The Morgan fingerprint density at radius 2 is 1.57 bits per heavy atom. The minimum Gasteiger partial charge on any atom is -0.461 e. The van der Waals surface area contributed by atoms with Crippen LogP contribution in [0.1, 0.15) is 43.7 Å². The van der Waals surface area contributed by atoms with E-state index in [1.807, 2.05) is 103 Å². The van der Waals surface area contributed by atoms with Gasteiger partial charge in [0.05, 0.1) is 23.1 Å². The van der Waals surface area contributed by atoms with Gasteiger partial charge in [-0.2, -0.15) is 0 Å². The second-order valence-corrected chi connectivity index (χ2v) is 9.99. The lowest BCUT2D eigenvalue weighted by Gasteiger charge is -2.18. The fraction of sp³-hybridized carbons (Fsp3) is 0.300. The molecule has 0 saturated heterocycles. The maximum atomic E-state index is 13.2. The highest BCUT2D eigenvalue weighted by molar-refractivity contribution is 7.99. The Kier molecular flexibility index (Phi) is 9.38. The maximum Gasteiger partial charge on any atom is 0.326 e. The zero-order valence-corrected chi connectivity index (χ0v) is 22.1. The topological polar surface area (TPSA) is 73.2 Å². The summed E-state index contributed by atoms with van der Waals surface area (Å²) in [6.45, 7) is 4.57. The summed E-state index contributed by atoms with van der Waals surface area (Å²) >= 11 is 1.59. The van der Waals surface area contributed by atoms with Crippen LogP contribution < -0.4 is 5.32 Å². The van der Waals surface area contributed by atoms with Crippen molar-refractivity contribution in [2.45, 2.75) is 50.4 Å². The second-order valence-electron chi connectivity index (χ2n) is 8.93. The van der Waals surface area contributed by atoms with Gasteiger partial charge in [-0.25, -0.2) is 4.98 Å². The van der Waals surface area contributed by atoms with Crippen LogP contribution in [-0.4, -0.2) is 39.8 Å². The SMILES string of the molecule is CCC(C)OC(=O)Cn1c(SCCCNC(=O)C(c2ccccc2)c2ccccc2)nc2ccccc21. The zero-order chi connectivity index (χ0) is 26.0. The number of carbonyl (C=O) groups is 2. The van der Waals surface area contributed by atoms with Crippen molar-refractivity contribution in [3.05, 3.63) is 96.1 Å². The minimum atomic E-state index is -0.351. The third kappa shape index (κ3) is 7.01. The molecule has 0 fully saturated rings. The number of ether oxygens (including phenoxy) is 1. The van der Waals surface area contributed by atoms with Crippen LogP contribution in [0.15, 0.2) is 90.1 Å². The third-order valence-electron chi connectivity index (χ3n) is 6.19. The number of imidazole rings is 1. The molecule has 0 aliphatic carbocycles. The number of benzene rings is 3. The molecule has 1 unspecified atom stereocenters. The Labute approximate surface area is 222 Å². The molecule has 1 amide bonds. The zero-order valence-electron chi connectivity index (χ0n) is 21.3. The summed E-state index contributed by atoms with van der Waals surface area (Å²) in [5, 5.41) is 3.89. The number of rotatable bonds is 12. The number of fused-ring (bicyclic) bond motifs is 1. The molecule has 4 rings (SSSR count). The summed E-state index contributed by atoms with van der Waals surface area (Å²) in [6.07, 6.45) is 1.43. The van der Waals surface area contributed by atoms with Gasteiger partial charge in [0.2, 0.25) is 5.91 Å². The molecule has 37 heavy (non-hydrogen) atoms. The van der Waals surface area contributed by atoms with Gasteiger partial charge in [-0.3, -0.25) is 9.59 Å². The fourth-order valence-corrected chi connectivity index (χ4v) is 5.08. The Balaban J connectivity index is 1.36. The lowest BCUT2D eigenvalue weighted by atomic mass is 9.90. The predicted molar refractivity (Wildman–Crippen MR) is 149 cm³/mol. The summed E-state index contributed by atoms with van der Waals surface area (Å²) in [5.74, 6) is 0.128. The van der Waals surface area contributed by atoms with Gasteiger partial charge < -0.3 is 14.6 Å². The molecule has 192 valence electrons. The molecule has 0 aliphatic rings. The van der Waals surface area contributed by atoms with Gasteiger partial charge in [-0.1, -0.05) is 91.5 Å². The van der Waals surface area contributed by atoms with Gasteiger partial charge in [0.25, 0.3) is 0 Å². The summed E-state index contributed by atoms with van der Waals surface area (Å²) in [4.78, 5) is 30.4. The van der Waals surface area contributed by atoms with Gasteiger partial charge >= 0.3 is 5.97 Å². The highest BCUT2D eigenvalue weighted by Gasteiger charge is 2.22. The molecular formula is C30H33N3O3S. The maximum absolute atomic E-state index is 13.2. The number of para-hydroxylation sites is 2. The molecule has 1 N–H and O–H groups in total. The Bertz CT molecular complexity index is 1270. The summed E-state index contributed by atoms with van der Waals surface area (Å²) < 4.78 is 7.42. The van der Waals surface area contributed by atoms with Gasteiger partial charge in [-0.15, -0.1) is 0 Å². The van der Waals surface area contributed by atoms with Crippen molar-refractivity contribution in [1.82, 2.24) is 14.9 Å². The number of amides is 1. The van der Waals surface area contributed by atoms with Crippen LogP contribution in [0.2, 0.25) is 0 Å². The van der Waals surface area contributed by atoms with E-state index < -0.39 is 0 Å². The molecule has 0 bridgehead atoms. The normalized spacial score (nSPS) is 12.0. The van der Waals surface area contributed by atoms with Crippen LogP contribution in [0.3, 0.4) is 0 Å². The number of carbonyl (C=O) groups excluding carboxylic acids is 2. The lowest BCUT2D eigenvalue weighted by molar-refractivity contribution is -0.149. The molecule has 4 aromatic rings. The smallest absolute Gasteiger partial charge is 0.326 e. The Hall–Kier alpha value is -3.58. The molecular weight excluding hydrogens is 482 g/mol. The summed E-state index contributed by atoms with van der Waals surface area (Å²) in [7, 11) is 0. The Morgan fingerprint density at radius 1 is 0.946 bits per heavy atom. The van der Waals surface area contributed by atoms with Gasteiger partial charge in [0, 0.05) is 12.3 Å². The minimum absolute atomic E-state index is 0.0116. The largest absolute Gasteiger partial charge is 0.461 e. The van der Waals surface area contributed by atoms with Crippen LogP contribution in [0.25, 0.3) is 11.0 Å². The lowest BCUT2D eigenvalue weighted by Crippen LogP contribution is -2.31. The van der Waals surface area contributed by atoms with Gasteiger partial charge in [0.15, 0.2) is 5.16 Å². The van der Waals surface area contributed by atoms with E-state index >= 15 is 0 Å². The predicted octanol–water partition coefficient (Wildman–Crippen LogP) is 5.81. The first-order chi connectivity index (χ1) is 18.1. The fourth-order valence-electron chi connectivity index (χ4n) is 4.13. The van der Waals surface area contributed by atoms with E-state index in [1.165, 1.54) is 0 Å². The van der Waals surface area contributed by atoms with Crippen molar-refractivity contribution in [2.75, 3.05) is 12.3 Å². The van der Waals surface area contributed by atoms with Crippen molar-refractivity contribution in [3.63, 3.8) is 0 Å². The average Bonchev–Trinajstić information content (AvgIpc) is 3.26. The molecule has 0 aliphatic heterocycles. The summed E-state index contributed by atoms with van der Waals surface area (Å²) in [6, 6.07) is 27.5. The number of esters is 1. The molecule has 0 spiro atoms. The van der Waals surface area contributed by atoms with Crippen LogP contribution in [0.5, 0.6) is 0 Å². The van der Waals surface area contributed by atoms with Gasteiger partial charge in [0.1, 0.15) is 6.54 Å². The van der Waals surface area contributed by atoms with E-state index in [0.29, 0.717) is 6.54 Å². The van der Waals surface area contributed by atoms with Crippen molar-refractivity contribution in [1.29, 1.82) is 0 Å². The van der Waals surface area contributed by atoms with Crippen LogP contribution >= 0.6 is 11.8 Å². The van der Waals surface area contributed by atoms with E-state index in [4.69, 9.17) is 9.72 Å². The van der Waals surface area contributed by atoms with E-state index in [2.05, 4.69) is 5.32 Å². The highest BCUT2D eigenvalue weighted by Crippen LogP contribution is 2.26. The van der Waals surface area contributed by atoms with E-state index in [1.54, 1.807) is 11.8 Å². The van der Waals surface area contributed by atoms with Crippen LogP contribution in [0.4, 0.5) is 0 Å². The standard InChI is InChI=1S/C30H33N3O3S/c1-3-22(2)36-27(34)21-33-26-18-11-10-17-25(26)32-30(33)37-20-12-19-31-29(35)28(23-13-6-4-7-14-23)24-15-8-5-9-16-24/h4-11,13-18,22,28H,3,12,19-21H2,1-2H3,(H,31,35). The van der Waals surface area contributed by atoms with E-state index in [0.717, 1.165) is 45.9 Å².